The van der Waals surface area contributed by atoms with E-state index in [4.69, 9.17) is 9.84 Å². The highest BCUT2D eigenvalue weighted by molar-refractivity contribution is 5.66. The number of carboxylic acid groups (broad SMARTS) is 1. The van der Waals surface area contributed by atoms with Crippen molar-refractivity contribution in [2.24, 2.45) is 0 Å². The molecule has 0 aromatic carbocycles. The number of aliphatic carboxylic acids is 1. The minimum absolute atomic E-state index is 0.0451. The van der Waals surface area contributed by atoms with Crippen molar-refractivity contribution >= 4 is 17.2 Å². The lowest BCUT2D eigenvalue weighted by atomic mass is 10.2. The Morgan fingerprint density at radius 2 is 2.14 bits per heavy atom. The highest BCUT2D eigenvalue weighted by atomic mass is 16.5. The number of fused-ring (bicyclic) bond motifs is 1. The van der Waals surface area contributed by atoms with Gasteiger partial charge in [-0.2, -0.15) is 10.2 Å². The van der Waals surface area contributed by atoms with Crippen molar-refractivity contribution in [3.8, 4) is 0 Å². The van der Waals surface area contributed by atoms with Crippen LogP contribution in [0.5, 0.6) is 0 Å². The van der Waals surface area contributed by atoms with Gasteiger partial charge in [0.25, 0.3) is 5.56 Å². The quantitative estimate of drug-likeness (QED) is 0.803. The smallest absolute Gasteiger partial charge is 0.325 e. The predicted octanol–water partition coefficient (Wildman–Crippen LogP) is 1.11. The number of carboxylic acids is 1. The fraction of sp³-hybridized carbons (Fsp3) is 0.429. The fourth-order valence-electron chi connectivity index (χ4n) is 2.03. The van der Waals surface area contributed by atoms with Crippen LogP contribution < -0.4 is 5.56 Å². The summed E-state index contributed by atoms with van der Waals surface area (Å²) in [6.07, 6.45) is 0. The SMILES string of the molecule is C=C(OCC)c1cc2c(=O)n(CC(=O)O)nc(C(C)C)n2n1. The normalized spacial score (nSPS) is 11.1. The topological polar surface area (TPSA) is 98.7 Å². The maximum atomic E-state index is 12.3. The molecule has 118 valence electrons. The number of ether oxygens (including phenoxy) is 1. The molecule has 0 aliphatic carbocycles. The maximum absolute atomic E-state index is 12.3. The Labute approximate surface area is 126 Å². The van der Waals surface area contributed by atoms with Gasteiger partial charge in [0.1, 0.15) is 23.5 Å². The molecular weight excluding hydrogens is 288 g/mol. The first-order valence-corrected chi connectivity index (χ1v) is 6.89. The van der Waals surface area contributed by atoms with Gasteiger partial charge < -0.3 is 9.84 Å². The van der Waals surface area contributed by atoms with Crippen molar-refractivity contribution in [1.29, 1.82) is 0 Å². The van der Waals surface area contributed by atoms with E-state index in [-0.39, 0.29) is 11.4 Å². The van der Waals surface area contributed by atoms with Crippen LogP contribution in [0.15, 0.2) is 17.4 Å². The van der Waals surface area contributed by atoms with Crippen LogP contribution in [0.2, 0.25) is 0 Å². The third-order valence-corrected chi connectivity index (χ3v) is 3.01. The lowest BCUT2D eigenvalue weighted by Gasteiger charge is -2.10. The van der Waals surface area contributed by atoms with E-state index in [0.29, 0.717) is 23.9 Å². The molecule has 2 aromatic heterocycles. The van der Waals surface area contributed by atoms with Gasteiger partial charge in [-0.25, -0.2) is 9.20 Å². The van der Waals surface area contributed by atoms with E-state index in [1.165, 1.54) is 10.6 Å². The third kappa shape index (κ3) is 2.85. The average Bonchev–Trinajstić information content (AvgIpc) is 2.86. The lowest BCUT2D eigenvalue weighted by molar-refractivity contribution is -0.138. The summed E-state index contributed by atoms with van der Waals surface area (Å²) >= 11 is 0. The molecule has 2 aromatic rings. The van der Waals surface area contributed by atoms with Gasteiger partial charge in [0.2, 0.25) is 0 Å². The highest BCUT2D eigenvalue weighted by Gasteiger charge is 2.18. The zero-order chi connectivity index (χ0) is 16.4. The Kier molecular flexibility index (Phi) is 4.30. The summed E-state index contributed by atoms with van der Waals surface area (Å²) in [5.74, 6) is -0.333. The van der Waals surface area contributed by atoms with Gasteiger partial charge in [0.15, 0.2) is 5.82 Å². The second-order valence-electron chi connectivity index (χ2n) is 5.05. The molecule has 0 fully saturated rings. The zero-order valence-corrected chi connectivity index (χ0v) is 12.7. The molecule has 0 aliphatic heterocycles. The summed E-state index contributed by atoms with van der Waals surface area (Å²) in [6, 6.07) is 1.53. The van der Waals surface area contributed by atoms with Gasteiger partial charge in [-0.05, 0) is 6.92 Å². The minimum atomic E-state index is -1.13. The summed E-state index contributed by atoms with van der Waals surface area (Å²) in [7, 11) is 0. The van der Waals surface area contributed by atoms with Crippen molar-refractivity contribution in [3.05, 3.63) is 34.5 Å². The molecule has 22 heavy (non-hydrogen) atoms. The molecule has 1 N–H and O–H groups in total. The predicted molar refractivity (Wildman–Crippen MR) is 79.6 cm³/mol. The van der Waals surface area contributed by atoms with E-state index in [0.717, 1.165) is 4.68 Å². The summed E-state index contributed by atoms with van der Waals surface area (Å²) in [6.45, 7) is 9.29. The van der Waals surface area contributed by atoms with Crippen LogP contribution >= 0.6 is 0 Å². The highest BCUT2D eigenvalue weighted by Crippen LogP contribution is 2.17. The number of carbonyl (C=O) groups is 1. The van der Waals surface area contributed by atoms with Crippen LogP contribution in [0.3, 0.4) is 0 Å². The Hall–Kier alpha value is -2.64. The third-order valence-electron chi connectivity index (χ3n) is 3.01. The van der Waals surface area contributed by atoms with Crippen LogP contribution in [0.4, 0.5) is 0 Å². The van der Waals surface area contributed by atoms with Gasteiger partial charge in [0.05, 0.1) is 6.61 Å². The molecule has 2 rings (SSSR count). The van der Waals surface area contributed by atoms with Crippen LogP contribution in [0.1, 0.15) is 38.2 Å². The van der Waals surface area contributed by atoms with E-state index in [2.05, 4.69) is 16.8 Å². The molecule has 0 atom stereocenters. The zero-order valence-electron chi connectivity index (χ0n) is 12.7. The Bertz CT molecular complexity index is 788. The summed E-state index contributed by atoms with van der Waals surface area (Å²) in [5, 5.41) is 17.3. The molecule has 8 heteroatoms. The van der Waals surface area contributed by atoms with Gasteiger partial charge >= 0.3 is 5.97 Å². The Balaban J connectivity index is 2.69. The number of rotatable bonds is 6. The van der Waals surface area contributed by atoms with E-state index in [9.17, 15) is 9.59 Å². The molecule has 2 heterocycles. The molecular formula is C14H18N4O4. The standard InChI is InChI=1S/C14H18N4O4/c1-5-22-9(4)10-6-11-14(21)17(7-12(19)20)16-13(8(2)3)18(11)15-10/h6,8H,4-5,7H2,1-3H3,(H,19,20). The number of hydrogen-bond donors (Lipinski definition) is 1. The van der Waals surface area contributed by atoms with Crippen LogP contribution in [-0.2, 0) is 16.1 Å². The lowest BCUT2D eigenvalue weighted by Crippen LogP contribution is -2.30. The fourth-order valence-corrected chi connectivity index (χ4v) is 2.03. The van der Waals surface area contributed by atoms with Gasteiger partial charge in [-0.3, -0.25) is 9.59 Å². The van der Waals surface area contributed by atoms with Crippen molar-refractivity contribution in [2.45, 2.75) is 33.2 Å². The molecule has 0 saturated carbocycles. The summed E-state index contributed by atoms with van der Waals surface area (Å²) < 4.78 is 7.65. The monoisotopic (exact) mass is 306 g/mol. The van der Waals surface area contributed by atoms with E-state index >= 15 is 0 Å². The van der Waals surface area contributed by atoms with Crippen LogP contribution in [0.25, 0.3) is 11.3 Å². The van der Waals surface area contributed by atoms with Crippen molar-refractivity contribution < 1.29 is 14.6 Å². The first kappa shape index (κ1) is 15.7. The summed E-state index contributed by atoms with van der Waals surface area (Å²) in [4.78, 5) is 23.2. The summed E-state index contributed by atoms with van der Waals surface area (Å²) in [5.41, 5.74) is 0.154. The second kappa shape index (κ2) is 6.00. The molecule has 0 radical (unpaired) electrons. The average molecular weight is 306 g/mol. The Morgan fingerprint density at radius 3 is 2.68 bits per heavy atom. The van der Waals surface area contributed by atoms with E-state index in [1.54, 1.807) is 0 Å². The number of nitrogens with zero attached hydrogens (tertiary/aromatic N) is 4. The molecule has 0 saturated heterocycles. The molecule has 0 bridgehead atoms. The first-order chi connectivity index (χ1) is 10.3. The van der Waals surface area contributed by atoms with Gasteiger partial charge in [-0.15, -0.1) is 0 Å². The number of aromatic nitrogens is 4. The first-order valence-electron chi connectivity index (χ1n) is 6.89. The second-order valence-corrected chi connectivity index (χ2v) is 5.05. The van der Waals surface area contributed by atoms with Crippen LogP contribution in [0, 0.1) is 0 Å². The van der Waals surface area contributed by atoms with Crippen molar-refractivity contribution in [1.82, 2.24) is 19.4 Å². The molecule has 8 nitrogen and oxygen atoms in total. The minimum Gasteiger partial charge on any atom is -0.492 e. The molecule has 0 amide bonds. The van der Waals surface area contributed by atoms with E-state index < -0.39 is 18.1 Å². The van der Waals surface area contributed by atoms with Gasteiger partial charge in [-0.1, -0.05) is 20.4 Å². The van der Waals surface area contributed by atoms with Crippen molar-refractivity contribution in [3.63, 3.8) is 0 Å². The number of hydrogen-bond acceptors (Lipinski definition) is 5. The molecule has 0 unspecified atom stereocenters. The van der Waals surface area contributed by atoms with E-state index in [1.807, 2.05) is 20.8 Å². The maximum Gasteiger partial charge on any atom is 0.325 e. The van der Waals surface area contributed by atoms with Crippen LogP contribution in [-0.4, -0.2) is 37.1 Å². The molecule has 0 spiro atoms. The van der Waals surface area contributed by atoms with Crippen molar-refractivity contribution in [2.75, 3.05) is 6.61 Å². The Morgan fingerprint density at radius 1 is 1.45 bits per heavy atom. The van der Waals surface area contributed by atoms with Gasteiger partial charge in [0, 0.05) is 12.0 Å². The largest absolute Gasteiger partial charge is 0.492 e. The molecule has 0 aliphatic rings.